The monoisotopic (exact) mass is 410 g/mol. The maximum Gasteiger partial charge on any atom is 0.352 e. The Morgan fingerprint density at radius 2 is 2.04 bits per heavy atom. The molecule has 24 heavy (non-hydrogen) atoms. The Balaban J connectivity index is 1.69. The second-order valence-corrected chi connectivity index (χ2v) is 7.17. The molecule has 1 aromatic rings. The molecule has 126 valence electrons. The van der Waals surface area contributed by atoms with Gasteiger partial charge in [-0.2, -0.15) is 0 Å². The highest BCUT2D eigenvalue weighted by Crippen LogP contribution is 2.40. The molecule has 3 rings (SSSR count). The predicted molar refractivity (Wildman–Crippen MR) is 93.6 cm³/mol. The second kappa shape index (κ2) is 6.98. The first-order chi connectivity index (χ1) is 11.5. The van der Waals surface area contributed by atoms with E-state index in [1.54, 1.807) is 0 Å². The number of halogens is 1. The quantitative estimate of drug-likeness (QED) is 0.565. The largest absolute Gasteiger partial charge is 0.477 e. The number of carboxylic acid groups (broad SMARTS) is 1. The van der Waals surface area contributed by atoms with Gasteiger partial charge in [0, 0.05) is 11.1 Å². The van der Waals surface area contributed by atoms with E-state index in [1.165, 1.54) is 16.7 Å². The third kappa shape index (κ3) is 3.08. The summed E-state index contributed by atoms with van der Waals surface area (Å²) in [5, 5.41) is 12.2. The molecule has 2 atom stereocenters. The highest BCUT2D eigenvalue weighted by molar-refractivity contribution is 9.09. The maximum absolute atomic E-state index is 12.3. The molecule has 0 spiro atoms. The molecular formula is C16H15BrN2O4S. The number of β-lactam (4-membered cyclic amide) rings is 1. The van der Waals surface area contributed by atoms with E-state index in [4.69, 9.17) is 0 Å². The smallest absolute Gasteiger partial charge is 0.352 e. The maximum atomic E-state index is 12.3. The third-order valence-corrected chi connectivity index (χ3v) is 5.95. The standard InChI is InChI=1S/C16H15BrN2O4S/c17-7-10-8-24-15-12(14(21)19(15)13(10)16(22)23)18-11(20)6-9-4-2-1-3-5-9/h1-5,12,15H,6-8H2,(H,18,20)(H,22,23)/t12-,15-/m1/s1. The van der Waals surface area contributed by atoms with Crippen LogP contribution in [0.4, 0.5) is 0 Å². The summed E-state index contributed by atoms with van der Waals surface area (Å²) >= 11 is 4.73. The molecule has 0 unspecified atom stereocenters. The first-order valence-electron chi connectivity index (χ1n) is 7.32. The van der Waals surface area contributed by atoms with Gasteiger partial charge in [-0.15, -0.1) is 11.8 Å². The van der Waals surface area contributed by atoms with Crippen molar-refractivity contribution >= 4 is 45.5 Å². The van der Waals surface area contributed by atoms with Gasteiger partial charge < -0.3 is 10.4 Å². The number of thioether (sulfide) groups is 1. The minimum atomic E-state index is -1.11. The topological polar surface area (TPSA) is 86.7 Å². The van der Waals surface area contributed by atoms with Gasteiger partial charge in [-0.05, 0) is 11.1 Å². The number of aliphatic carboxylic acids is 1. The van der Waals surface area contributed by atoms with Crippen LogP contribution in [-0.2, 0) is 20.8 Å². The van der Waals surface area contributed by atoms with E-state index in [1.807, 2.05) is 30.3 Å². The Morgan fingerprint density at radius 1 is 1.33 bits per heavy atom. The number of nitrogens with zero attached hydrogens (tertiary/aromatic N) is 1. The van der Waals surface area contributed by atoms with Crippen molar-refractivity contribution in [2.24, 2.45) is 0 Å². The predicted octanol–water partition coefficient (Wildman–Crippen LogP) is 1.36. The number of nitrogens with one attached hydrogen (secondary N) is 1. The highest BCUT2D eigenvalue weighted by Gasteiger charge is 2.53. The zero-order valence-corrected chi connectivity index (χ0v) is 15.0. The van der Waals surface area contributed by atoms with Gasteiger partial charge in [-0.25, -0.2) is 4.79 Å². The number of fused-ring (bicyclic) bond motifs is 1. The minimum absolute atomic E-state index is 0.0363. The van der Waals surface area contributed by atoms with E-state index in [0.717, 1.165) is 5.56 Å². The van der Waals surface area contributed by atoms with Crippen molar-refractivity contribution < 1.29 is 19.5 Å². The molecular weight excluding hydrogens is 396 g/mol. The molecule has 0 aliphatic carbocycles. The number of alkyl halides is 1. The Bertz CT molecular complexity index is 722. The lowest BCUT2D eigenvalue weighted by atomic mass is 10.0. The fraction of sp³-hybridized carbons (Fsp3) is 0.312. The average Bonchev–Trinajstić information content (AvgIpc) is 2.58. The molecule has 2 N–H and O–H groups in total. The van der Waals surface area contributed by atoms with Crippen LogP contribution in [0.25, 0.3) is 0 Å². The first kappa shape index (κ1) is 17.0. The van der Waals surface area contributed by atoms with Crippen molar-refractivity contribution in [3.8, 4) is 0 Å². The average molecular weight is 411 g/mol. The van der Waals surface area contributed by atoms with Gasteiger partial charge in [0.1, 0.15) is 17.1 Å². The first-order valence-corrected chi connectivity index (χ1v) is 9.49. The minimum Gasteiger partial charge on any atom is -0.477 e. The molecule has 0 radical (unpaired) electrons. The zero-order chi connectivity index (χ0) is 17.3. The second-order valence-electron chi connectivity index (χ2n) is 5.51. The lowest BCUT2D eigenvalue weighted by Crippen LogP contribution is -2.70. The summed E-state index contributed by atoms with van der Waals surface area (Å²) in [6.45, 7) is 0. The molecule has 1 fully saturated rings. The Kier molecular flexibility index (Phi) is 4.96. The van der Waals surface area contributed by atoms with Crippen molar-refractivity contribution in [1.29, 1.82) is 0 Å². The van der Waals surface area contributed by atoms with Gasteiger partial charge in [-0.1, -0.05) is 46.3 Å². The summed E-state index contributed by atoms with van der Waals surface area (Å²) in [5.74, 6) is -1.21. The number of carbonyl (C=O) groups is 3. The van der Waals surface area contributed by atoms with E-state index in [0.29, 0.717) is 16.7 Å². The molecule has 8 heteroatoms. The number of carbonyl (C=O) groups excluding carboxylic acids is 2. The Hall–Kier alpha value is -1.80. The summed E-state index contributed by atoms with van der Waals surface area (Å²) in [6.07, 6.45) is 0.191. The summed E-state index contributed by atoms with van der Waals surface area (Å²) in [7, 11) is 0. The van der Waals surface area contributed by atoms with Crippen LogP contribution in [0.5, 0.6) is 0 Å². The number of rotatable bonds is 5. The van der Waals surface area contributed by atoms with Crippen molar-refractivity contribution in [3.05, 3.63) is 47.2 Å². The van der Waals surface area contributed by atoms with E-state index >= 15 is 0 Å². The van der Waals surface area contributed by atoms with Crippen LogP contribution < -0.4 is 5.32 Å². The molecule has 2 amide bonds. The summed E-state index contributed by atoms with van der Waals surface area (Å²) in [4.78, 5) is 37.2. The molecule has 0 bridgehead atoms. The van der Waals surface area contributed by atoms with Crippen molar-refractivity contribution in [2.75, 3.05) is 11.1 Å². The fourth-order valence-electron chi connectivity index (χ4n) is 2.79. The zero-order valence-electron chi connectivity index (χ0n) is 12.6. The normalized spacial score (nSPS) is 22.7. The van der Waals surface area contributed by atoms with Crippen LogP contribution in [0, 0.1) is 0 Å². The van der Waals surface area contributed by atoms with Crippen LogP contribution in [0.2, 0.25) is 0 Å². The summed E-state index contributed by atoms with van der Waals surface area (Å²) < 4.78 is 0. The highest BCUT2D eigenvalue weighted by atomic mass is 79.9. The van der Waals surface area contributed by atoms with E-state index in [9.17, 15) is 19.5 Å². The summed E-state index contributed by atoms with van der Waals surface area (Å²) in [5.41, 5.74) is 1.57. The number of amides is 2. The Labute approximate surface area is 151 Å². The lowest BCUT2D eigenvalue weighted by Gasteiger charge is -2.49. The molecule has 0 aromatic heterocycles. The Morgan fingerprint density at radius 3 is 2.67 bits per heavy atom. The van der Waals surface area contributed by atoms with Gasteiger partial charge in [-0.3, -0.25) is 14.5 Å². The van der Waals surface area contributed by atoms with Gasteiger partial charge in [0.05, 0.1) is 6.42 Å². The van der Waals surface area contributed by atoms with Crippen LogP contribution >= 0.6 is 27.7 Å². The van der Waals surface area contributed by atoms with Gasteiger partial charge in [0.15, 0.2) is 0 Å². The van der Waals surface area contributed by atoms with Crippen molar-refractivity contribution in [3.63, 3.8) is 0 Å². The molecule has 1 saturated heterocycles. The number of hydrogen-bond donors (Lipinski definition) is 2. The van der Waals surface area contributed by atoms with Crippen molar-refractivity contribution in [2.45, 2.75) is 17.8 Å². The summed E-state index contributed by atoms with van der Waals surface area (Å²) in [6, 6.07) is 8.59. The molecule has 0 saturated carbocycles. The van der Waals surface area contributed by atoms with Gasteiger partial charge in [0.25, 0.3) is 5.91 Å². The van der Waals surface area contributed by atoms with Crippen LogP contribution in [-0.4, -0.2) is 50.3 Å². The third-order valence-electron chi connectivity index (χ3n) is 3.94. The fourth-order valence-corrected chi connectivity index (χ4v) is 4.86. The molecule has 2 heterocycles. The van der Waals surface area contributed by atoms with Crippen LogP contribution in [0.3, 0.4) is 0 Å². The van der Waals surface area contributed by atoms with E-state index in [2.05, 4.69) is 21.2 Å². The van der Waals surface area contributed by atoms with E-state index in [-0.39, 0.29) is 29.3 Å². The van der Waals surface area contributed by atoms with E-state index < -0.39 is 12.0 Å². The SMILES string of the molecule is O=C(Cc1ccccc1)N[C@@H]1C(=O)N2C(C(=O)O)=C(CBr)CS[C@H]12. The number of carboxylic acids is 1. The number of benzene rings is 1. The molecule has 2 aliphatic heterocycles. The lowest BCUT2D eigenvalue weighted by molar-refractivity contribution is -0.150. The number of hydrogen-bond acceptors (Lipinski definition) is 4. The van der Waals surface area contributed by atoms with Crippen LogP contribution in [0.1, 0.15) is 5.56 Å². The molecule has 1 aromatic carbocycles. The molecule has 6 nitrogen and oxygen atoms in total. The van der Waals surface area contributed by atoms with Gasteiger partial charge >= 0.3 is 5.97 Å². The van der Waals surface area contributed by atoms with Crippen molar-refractivity contribution in [1.82, 2.24) is 10.2 Å². The van der Waals surface area contributed by atoms with Crippen LogP contribution in [0.15, 0.2) is 41.6 Å². The molecule has 2 aliphatic rings. The van der Waals surface area contributed by atoms with Gasteiger partial charge in [0.2, 0.25) is 5.91 Å².